The molecular formula is C16H26N2O. The van der Waals surface area contributed by atoms with Gasteiger partial charge in [-0.3, -0.25) is 0 Å². The number of nitrogens with one attached hydrogen (secondary N) is 1. The highest BCUT2D eigenvalue weighted by Crippen LogP contribution is 2.18. The largest absolute Gasteiger partial charge is 0.378 e. The number of likely N-dealkylation sites (N-methyl/N-ethyl adjacent to an activating group) is 1. The Morgan fingerprint density at radius 3 is 2.74 bits per heavy atom. The van der Waals surface area contributed by atoms with Crippen molar-refractivity contribution in [3.63, 3.8) is 0 Å². The predicted octanol–water partition coefficient (Wildman–Crippen LogP) is 2.03. The summed E-state index contributed by atoms with van der Waals surface area (Å²) < 4.78 is 5.50. The van der Waals surface area contributed by atoms with Crippen molar-refractivity contribution in [2.45, 2.75) is 33.4 Å². The first kappa shape index (κ1) is 14.5. The summed E-state index contributed by atoms with van der Waals surface area (Å²) in [5.74, 6) is 0. The Balaban J connectivity index is 1.94. The van der Waals surface area contributed by atoms with Crippen molar-refractivity contribution in [1.29, 1.82) is 0 Å². The Bertz CT molecular complexity index is 425. The van der Waals surface area contributed by atoms with E-state index in [2.05, 4.69) is 50.2 Å². The molecule has 1 unspecified atom stereocenters. The van der Waals surface area contributed by atoms with Gasteiger partial charge in [0.1, 0.15) is 0 Å². The van der Waals surface area contributed by atoms with E-state index in [9.17, 15) is 0 Å². The minimum Gasteiger partial charge on any atom is -0.378 e. The smallest absolute Gasteiger partial charge is 0.0632 e. The first-order valence-electron chi connectivity index (χ1n) is 7.13. The Kier molecular flexibility index (Phi) is 4.97. The Morgan fingerprint density at radius 1 is 1.26 bits per heavy atom. The van der Waals surface area contributed by atoms with E-state index in [1.807, 2.05) is 0 Å². The van der Waals surface area contributed by atoms with Crippen LogP contribution in [0.1, 0.15) is 22.3 Å². The lowest BCUT2D eigenvalue weighted by molar-refractivity contribution is 0.0645. The van der Waals surface area contributed by atoms with Gasteiger partial charge in [0.05, 0.1) is 13.2 Å². The fourth-order valence-electron chi connectivity index (χ4n) is 2.65. The molecule has 2 rings (SSSR count). The third-order valence-electron chi connectivity index (χ3n) is 4.14. The standard InChI is InChI=1S/C16H26N2O/c1-12-5-6-15(14(3)13(12)2)9-18(4)10-16-11-19-8-7-17-16/h5-6,16-17H,7-11H2,1-4H3. The van der Waals surface area contributed by atoms with Crippen molar-refractivity contribution >= 4 is 0 Å². The highest BCUT2D eigenvalue weighted by atomic mass is 16.5. The number of ether oxygens (including phenoxy) is 1. The summed E-state index contributed by atoms with van der Waals surface area (Å²) in [6.45, 7) is 11.3. The highest BCUT2D eigenvalue weighted by molar-refractivity contribution is 5.38. The number of rotatable bonds is 4. The summed E-state index contributed by atoms with van der Waals surface area (Å²) in [5, 5.41) is 3.50. The molecule has 1 N–H and O–H groups in total. The molecule has 1 saturated heterocycles. The quantitative estimate of drug-likeness (QED) is 0.898. The zero-order chi connectivity index (χ0) is 13.8. The van der Waals surface area contributed by atoms with Gasteiger partial charge in [0.2, 0.25) is 0 Å². The second kappa shape index (κ2) is 6.51. The number of hydrogen-bond acceptors (Lipinski definition) is 3. The fourth-order valence-corrected chi connectivity index (χ4v) is 2.65. The van der Waals surface area contributed by atoms with Gasteiger partial charge in [0.25, 0.3) is 0 Å². The topological polar surface area (TPSA) is 24.5 Å². The molecule has 1 aromatic rings. The third-order valence-corrected chi connectivity index (χ3v) is 4.14. The SMILES string of the molecule is Cc1ccc(CN(C)CC2COCCN2)c(C)c1C. The summed E-state index contributed by atoms with van der Waals surface area (Å²) in [4.78, 5) is 2.38. The van der Waals surface area contributed by atoms with E-state index in [4.69, 9.17) is 4.74 Å². The van der Waals surface area contributed by atoms with Gasteiger partial charge in [0, 0.05) is 25.7 Å². The summed E-state index contributed by atoms with van der Waals surface area (Å²) in [7, 11) is 2.19. The highest BCUT2D eigenvalue weighted by Gasteiger charge is 2.15. The van der Waals surface area contributed by atoms with E-state index in [0.717, 1.165) is 32.8 Å². The number of benzene rings is 1. The van der Waals surface area contributed by atoms with E-state index in [0.29, 0.717) is 6.04 Å². The molecule has 106 valence electrons. The molecule has 0 amide bonds. The summed E-state index contributed by atoms with van der Waals surface area (Å²) in [6.07, 6.45) is 0. The molecule has 1 fully saturated rings. The fraction of sp³-hybridized carbons (Fsp3) is 0.625. The molecule has 1 heterocycles. The number of nitrogens with zero attached hydrogens (tertiary/aromatic N) is 1. The maximum Gasteiger partial charge on any atom is 0.0632 e. The summed E-state index contributed by atoms with van der Waals surface area (Å²) in [5.41, 5.74) is 5.67. The van der Waals surface area contributed by atoms with Crippen molar-refractivity contribution in [2.75, 3.05) is 33.4 Å². The van der Waals surface area contributed by atoms with Crippen LogP contribution < -0.4 is 5.32 Å². The molecule has 3 heteroatoms. The number of hydrogen-bond donors (Lipinski definition) is 1. The maximum atomic E-state index is 5.50. The molecule has 0 saturated carbocycles. The van der Waals surface area contributed by atoms with Gasteiger partial charge in [-0.05, 0) is 50.1 Å². The average Bonchev–Trinajstić information content (AvgIpc) is 2.41. The van der Waals surface area contributed by atoms with Gasteiger partial charge >= 0.3 is 0 Å². The van der Waals surface area contributed by atoms with Crippen LogP contribution in [0.3, 0.4) is 0 Å². The molecule has 1 aromatic carbocycles. The molecule has 0 aliphatic carbocycles. The van der Waals surface area contributed by atoms with Gasteiger partial charge in [-0.1, -0.05) is 12.1 Å². The van der Waals surface area contributed by atoms with E-state index in [1.165, 1.54) is 22.3 Å². The zero-order valence-corrected chi connectivity index (χ0v) is 12.6. The molecule has 19 heavy (non-hydrogen) atoms. The van der Waals surface area contributed by atoms with Gasteiger partial charge < -0.3 is 15.0 Å². The van der Waals surface area contributed by atoms with Crippen LogP contribution in [0.15, 0.2) is 12.1 Å². The van der Waals surface area contributed by atoms with E-state index in [-0.39, 0.29) is 0 Å². The van der Waals surface area contributed by atoms with Crippen molar-refractivity contribution in [3.8, 4) is 0 Å². The predicted molar refractivity (Wildman–Crippen MR) is 79.6 cm³/mol. The van der Waals surface area contributed by atoms with Crippen molar-refractivity contribution in [3.05, 3.63) is 34.4 Å². The van der Waals surface area contributed by atoms with Gasteiger partial charge in [-0.25, -0.2) is 0 Å². The van der Waals surface area contributed by atoms with Crippen LogP contribution in [-0.2, 0) is 11.3 Å². The number of morpholine rings is 1. The molecule has 0 bridgehead atoms. The first-order chi connectivity index (χ1) is 9.08. The number of aryl methyl sites for hydroxylation is 1. The molecular weight excluding hydrogens is 236 g/mol. The molecule has 0 aromatic heterocycles. The van der Waals surface area contributed by atoms with Crippen LogP contribution in [-0.4, -0.2) is 44.3 Å². The summed E-state index contributed by atoms with van der Waals surface area (Å²) in [6, 6.07) is 4.96. The van der Waals surface area contributed by atoms with Crippen LogP contribution in [0.4, 0.5) is 0 Å². The molecule has 1 atom stereocenters. The van der Waals surface area contributed by atoms with E-state index >= 15 is 0 Å². The lowest BCUT2D eigenvalue weighted by atomic mass is 9.98. The lowest BCUT2D eigenvalue weighted by Gasteiger charge is -2.28. The second-order valence-corrected chi connectivity index (χ2v) is 5.71. The molecule has 3 nitrogen and oxygen atoms in total. The second-order valence-electron chi connectivity index (χ2n) is 5.71. The average molecular weight is 262 g/mol. The Hall–Kier alpha value is -0.900. The van der Waals surface area contributed by atoms with Crippen molar-refractivity contribution in [2.24, 2.45) is 0 Å². The molecule has 0 spiro atoms. The molecule has 1 aliphatic rings. The minimum absolute atomic E-state index is 0.464. The monoisotopic (exact) mass is 262 g/mol. The third kappa shape index (κ3) is 3.78. The Morgan fingerprint density at radius 2 is 2.05 bits per heavy atom. The van der Waals surface area contributed by atoms with E-state index < -0.39 is 0 Å². The van der Waals surface area contributed by atoms with Gasteiger partial charge in [-0.15, -0.1) is 0 Å². The van der Waals surface area contributed by atoms with E-state index in [1.54, 1.807) is 0 Å². The molecule has 0 radical (unpaired) electrons. The Labute approximate surface area is 116 Å². The zero-order valence-electron chi connectivity index (χ0n) is 12.6. The first-order valence-corrected chi connectivity index (χ1v) is 7.13. The van der Waals surface area contributed by atoms with Crippen LogP contribution in [0.25, 0.3) is 0 Å². The molecule has 1 aliphatic heterocycles. The lowest BCUT2D eigenvalue weighted by Crippen LogP contribution is -2.47. The maximum absolute atomic E-state index is 5.50. The van der Waals surface area contributed by atoms with Gasteiger partial charge in [-0.2, -0.15) is 0 Å². The summed E-state index contributed by atoms with van der Waals surface area (Å²) >= 11 is 0. The van der Waals surface area contributed by atoms with Crippen molar-refractivity contribution in [1.82, 2.24) is 10.2 Å². The van der Waals surface area contributed by atoms with Crippen LogP contribution in [0.5, 0.6) is 0 Å². The van der Waals surface area contributed by atoms with Gasteiger partial charge in [0.15, 0.2) is 0 Å². The normalized spacial score (nSPS) is 19.9. The van der Waals surface area contributed by atoms with Crippen LogP contribution >= 0.6 is 0 Å². The van der Waals surface area contributed by atoms with Crippen LogP contribution in [0, 0.1) is 20.8 Å². The van der Waals surface area contributed by atoms with Crippen molar-refractivity contribution < 1.29 is 4.74 Å². The van der Waals surface area contributed by atoms with Crippen LogP contribution in [0.2, 0.25) is 0 Å². The minimum atomic E-state index is 0.464.